The van der Waals surface area contributed by atoms with Gasteiger partial charge in [0.1, 0.15) is 6.61 Å². The molecule has 200 valence electrons. The van der Waals surface area contributed by atoms with Crippen LogP contribution in [0.5, 0.6) is 23.0 Å². The van der Waals surface area contributed by atoms with Crippen LogP contribution in [-0.2, 0) is 6.61 Å². The molecule has 0 aromatic heterocycles. The third-order valence-corrected chi connectivity index (χ3v) is 5.38. The van der Waals surface area contributed by atoms with Gasteiger partial charge in [0.15, 0.2) is 23.0 Å². The Bertz CT molecular complexity index is 1290. The molecule has 3 rings (SSSR count). The summed E-state index contributed by atoms with van der Waals surface area (Å²) >= 11 is 6.47. The standard InChI is InChI=1S/C28H29ClN2O7/c1-4-35-23-12-11-21(15-24(23)36-5-2)27(32)31-30-16-19-13-22(29)26(25(14-19)37-6-3)38-17-18-7-9-20(10-8-18)28(33)34/h7-16H,4-6,17H2,1-3H3,(H,31,32)(H,33,34)/b30-16+. The van der Waals surface area contributed by atoms with Crippen molar-refractivity contribution in [3.05, 3.63) is 81.9 Å². The van der Waals surface area contributed by atoms with Crippen LogP contribution in [0.2, 0.25) is 5.02 Å². The Morgan fingerprint density at radius 2 is 1.47 bits per heavy atom. The first-order valence-electron chi connectivity index (χ1n) is 12.0. The highest BCUT2D eigenvalue weighted by Gasteiger charge is 2.14. The number of halogens is 1. The molecule has 0 atom stereocenters. The summed E-state index contributed by atoms with van der Waals surface area (Å²) in [6, 6.07) is 14.6. The van der Waals surface area contributed by atoms with Gasteiger partial charge < -0.3 is 24.1 Å². The molecular weight excluding hydrogens is 512 g/mol. The fourth-order valence-corrected chi connectivity index (χ4v) is 3.66. The predicted octanol–water partition coefficient (Wildman–Crippen LogP) is 5.58. The molecule has 3 aromatic rings. The molecule has 9 nitrogen and oxygen atoms in total. The largest absolute Gasteiger partial charge is 0.490 e. The lowest BCUT2D eigenvalue weighted by molar-refractivity contribution is 0.0696. The van der Waals surface area contributed by atoms with Gasteiger partial charge in [0.2, 0.25) is 0 Å². The number of carbonyl (C=O) groups is 2. The summed E-state index contributed by atoms with van der Waals surface area (Å²) in [7, 11) is 0. The van der Waals surface area contributed by atoms with E-state index < -0.39 is 11.9 Å². The van der Waals surface area contributed by atoms with Crippen molar-refractivity contribution in [3.63, 3.8) is 0 Å². The van der Waals surface area contributed by atoms with Crippen molar-refractivity contribution in [2.45, 2.75) is 27.4 Å². The van der Waals surface area contributed by atoms with Gasteiger partial charge in [0.05, 0.1) is 36.6 Å². The van der Waals surface area contributed by atoms with Crippen molar-refractivity contribution in [1.29, 1.82) is 0 Å². The average molecular weight is 541 g/mol. The first kappa shape index (κ1) is 28.3. The third kappa shape index (κ3) is 7.63. The summed E-state index contributed by atoms with van der Waals surface area (Å²) in [5, 5.41) is 13.4. The monoisotopic (exact) mass is 540 g/mol. The summed E-state index contributed by atoms with van der Waals surface area (Å²) in [5.74, 6) is 0.370. The number of amides is 1. The molecule has 0 saturated carbocycles. The molecule has 0 aliphatic rings. The summed E-state index contributed by atoms with van der Waals surface area (Å²) < 4.78 is 22.7. The Labute approximate surface area is 225 Å². The quantitative estimate of drug-likeness (QED) is 0.215. The Morgan fingerprint density at radius 1 is 0.842 bits per heavy atom. The fraction of sp³-hybridized carbons (Fsp3) is 0.250. The minimum atomic E-state index is -0.998. The molecule has 0 saturated heterocycles. The van der Waals surface area contributed by atoms with Crippen LogP contribution in [0, 0.1) is 0 Å². The van der Waals surface area contributed by atoms with Gasteiger partial charge in [-0.05, 0) is 74.4 Å². The summed E-state index contributed by atoms with van der Waals surface area (Å²) in [6.45, 7) is 7.00. The summed E-state index contributed by atoms with van der Waals surface area (Å²) in [5.41, 5.74) is 4.39. The van der Waals surface area contributed by atoms with Gasteiger partial charge in [0, 0.05) is 5.56 Å². The van der Waals surface area contributed by atoms with Gasteiger partial charge in [-0.2, -0.15) is 5.10 Å². The van der Waals surface area contributed by atoms with Crippen LogP contribution < -0.4 is 24.4 Å². The van der Waals surface area contributed by atoms with E-state index in [-0.39, 0.29) is 12.2 Å². The van der Waals surface area contributed by atoms with E-state index in [1.165, 1.54) is 18.3 Å². The lowest BCUT2D eigenvalue weighted by Crippen LogP contribution is -2.17. The van der Waals surface area contributed by atoms with E-state index >= 15 is 0 Å². The van der Waals surface area contributed by atoms with Crippen molar-refractivity contribution in [2.24, 2.45) is 5.10 Å². The Morgan fingerprint density at radius 3 is 2.13 bits per heavy atom. The molecule has 10 heteroatoms. The number of carbonyl (C=O) groups excluding carboxylic acids is 1. The van der Waals surface area contributed by atoms with Crippen LogP contribution in [0.1, 0.15) is 52.6 Å². The number of rotatable bonds is 13. The number of hydrazone groups is 1. The number of aromatic carboxylic acids is 1. The maximum atomic E-state index is 12.6. The zero-order valence-electron chi connectivity index (χ0n) is 21.3. The molecule has 3 aromatic carbocycles. The Kier molecular flexibility index (Phi) is 10.4. The Balaban J connectivity index is 1.70. The molecule has 0 aliphatic heterocycles. The highest BCUT2D eigenvalue weighted by Crippen LogP contribution is 2.37. The minimum absolute atomic E-state index is 0.162. The maximum Gasteiger partial charge on any atom is 0.335 e. The number of nitrogens with zero attached hydrogens (tertiary/aromatic N) is 1. The molecule has 0 radical (unpaired) electrons. The van der Waals surface area contributed by atoms with E-state index in [4.69, 9.17) is 35.7 Å². The topological polar surface area (TPSA) is 116 Å². The average Bonchev–Trinajstić information content (AvgIpc) is 2.90. The normalized spacial score (nSPS) is 10.7. The number of carboxylic acids is 1. The fourth-order valence-electron chi connectivity index (χ4n) is 3.39. The maximum absolute atomic E-state index is 12.6. The predicted molar refractivity (Wildman–Crippen MR) is 144 cm³/mol. The van der Waals surface area contributed by atoms with Crippen LogP contribution in [-0.4, -0.2) is 43.0 Å². The number of hydrogen-bond acceptors (Lipinski definition) is 7. The van der Waals surface area contributed by atoms with Crippen LogP contribution >= 0.6 is 11.6 Å². The van der Waals surface area contributed by atoms with Gasteiger partial charge in [-0.25, -0.2) is 10.2 Å². The lowest BCUT2D eigenvalue weighted by atomic mass is 10.1. The van der Waals surface area contributed by atoms with Crippen molar-refractivity contribution < 1.29 is 33.6 Å². The molecular formula is C28H29ClN2O7. The SMILES string of the molecule is CCOc1ccc(C(=O)N/N=C/c2cc(Cl)c(OCc3ccc(C(=O)O)cc3)c(OCC)c2)cc1OCC. The second-order valence-electron chi connectivity index (χ2n) is 7.78. The molecule has 38 heavy (non-hydrogen) atoms. The zero-order valence-corrected chi connectivity index (χ0v) is 22.1. The van der Waals surface area contributed by atoms with Gasteiger partial charge in [0.25, 0.3) is 5.91 Å². The van der Waals surface area contributed by atoms with Crippen molar-refractivity contribution in [1.82, 2.24) is 5.43 Å². The number of carboxylic acid groups (broad SMARTS) is 1. The van der Waals surface area contributed by atoms with Crippen LogP contribution in [0.3, 0.4) is 0 Å². The van der Waals surface area contributed by atoms with Gasteiger partial charge in [-0.3, -0.25) is 4.79 Å². The van der Waals surface area contributed by atoms with E-state index in [1.54, 1.807) is 42.5 Å². The molecule has 0 fully saturated rings. The molecule has 0 unspecified atom stereocenters. The first-order chi connectivity index (χ1) is 18.4. The van der Waals surface area contributed by atoms with Crippen molar-refractivity contribution in [3.8, 4) is 23.0 Å². The molecule has 0 spiro atoms. The first-order valence-corrected chi connectivity index (χ1v) is 12.4. The smallest absolute Gasteiger partial charge is 0.335 e. The highest BCUT2D eigenvalue weighted by molar-refractivity contribution is 6.32. The van der Waals surface area contributed by atoms with Crippen LogP contribution in [0.15, 0.2) is 59.7 Å². The van der Waals surface area contributed by atoms with Gasteiger partial charge in [-0.15, -0.1) is 0 Å². The summed E-state index contributed by atoms with van der Waals surface area (Å²) in [4.78, 5) is 23.6. The van der Waals surface area contributed by atoms with E-state index in [0.29, 0.717) is 59.0 Å². The van der Waals surface area contributed by atoms with Crippen molar-refractivity contribution in [2.75, 3.05) is 19.8 Å². The van der Waals surface area contributed by atoms with E-state index in [1.807, 2.05) is 20.8 Å². The lowest BCUT2D eigenvalue weighted by Gasteiger charge is -2.14. The van der Waals surface area contributed by atoms with Crippen LogP contribution in [0.25, 0.3) is 0 Å². The molecule has 1 amide bonds. The van der Waals surface area contributed by atoms with E-state index in [9.17, 15) is 9.59 Å². The highest BCUT2D eigenvalue weighted by atomic mass is 35.5. The van der Waals surface area contributed by atoms with Crippen LogP contribution in [0.4, 0.5) is 0 Å². The number of nitrogens with one attached hydrogen (secondary N) is 1. The van der Waals surface area contributed by atoms with Gasteiger partial charge in [-0.1, -0.05) is 23.7 Å². The molecule has 0 bridgehead atoms. The number of benzene rings is 3. The minimum Gasteiger partial charge on any atom is -0.490 e. The van der Waals surface area contributed by atoms with Crippen molar-refractivity contribution >= 4 is 29.7 Å². The molecule has 2 N–H and O–H groups in total. The second-order valence-corrected chi connectivity index (χ2v) is 8.19. The molecule has 0 heterocycles. The number of ether oxygens (including phenoxy) is 4. The molecule has 0 aliphatic carbocycles. The summed E-state index contributed by atoms with van der Waals surface area (Å²) in [6.07, 6.45) is 1.44. The van der Waals surface area contributed by atoms with E-state index in [0.717, 1.165) is 5.56 Å². The van der Waals surface area contributed by atoms with E-state index in [2.05, 4.69) is 10.5 Å². The van der Waals surface area contributed by atoms with Gasteiger partial charge >= 0.3 is 5.97 Å². The third-order valence-electron chi connectivity index (χ3n) is 5.10. The second kappa shape index (κ2) is 13.9. The Hall–Kier alpha value is -4.24. The zero-order chi connectivity index (χ0) is 27.5. The number of hydrogen-bond donors (Lipinski definition) is 2.